The smallest absolute Gasteiger partial charge is 0.339 e. The van der Waals surface area contributed by atoms with Crippen molar-refractivity contribution in [2.75, 3.05) is 6.54 Å². The van der Waals surface area contributed by atoms with Crippen molar-refractivity contribution in [3.8, 4) is 17.2 Å². The normalized spacial score (nSPS) is 13.0. The lowest BCUT2D eigenvalue weighted by molar-refractivity contribution is -0.132. The van der Waals surface area contributed by atoms with E-state index in [9.17, 15) is 18.8 Å². The number of hydrogen-bond acceptors (Lipinski definition) is 7. The van der Waals surface area contributed by atoms with Crippen LogP contribution in [0.4, 0.5) is 4.39 Å². The second-order valence-corrected chi connectivity index (χ2v) is 8.23. The van der Waals surface area contributed by atoms with Crippen molar-refractivity contribution in [2.24, 2.45) is 7.05 Å². The molecule has 0 fully saturated rings. The van der Waals surface area contributed by atoms with E-state index in [1.807, 2.05) is 18.2 Å². The maximum atomic E-state index is 13.3. The molecule has 0 N–H and O–H groups in total. The highest BCUT2D eigenvalue weighted by atomic mass is 19.1. The summed E-state index contributed by atoms with van der Waals surface area (Å²) in [5.74, 6) is -0.430. The van der Waals surface area contributed by atoms with Gasteiger partial charge in [0.25, 0.3) is 5.56 Å². The standard InChI is InChI=1S/C24H21FN6O4/c1-29-23(33)21(27-31(24(29)34)18-8-6-17(25)7-9-18)22-26-19(35-28-22)10-11-20(32)30-13-12-15-4-2-3-5-16(15)14-30/h2-9H,10-14H2,1H3. The van der Waals surface area contributed by atoms with Crippen molar-refractivity contribution in [1.82, 2.24) is 29.4 Å². The van der Waals surface area contributed by atoms with E-state index in [1.54, 1.807) is 4.90 Å². The van der Waals surface area contributed by atoms with Crippen molar-refractivity contribution >= 4 is 5.91 Å². The van der Waals surface area contributed by atoms with Crippen LogP contribution in [0.5, 0.6) is 0 Å². The van der Waals surface area contributed by atoms with Gasteiger partial charge >= 0.3 is 5.69 Å². The van der Waals surface area contributed by atoms with Crippen LogP contribution in [0.2, 0.25) is 0 Å². The van der Waals surface area contributed by atoms with Gasteiger partial charge in [0.1, 0.15) is 5.82 Å². The van der Waals surface area contributed by atoms with E-state index in [0.29, 0.717) is 13.1 Å². The minimum atomic E-state index is -0.706. The summed E-state index contributed by atoms with van der Waals surface area (Å²) in [4.78, 5) is 43.9. The number of halogens is 1. The van der Waals surface area contributed by atoms with Crippen molar-refractivity contribution in [1.29, 1.82) is 0 Å². The molecule has 0 saturated carbocycles. The van der Waals surface area contributed by atoms with Crippen LogP contribution in [0, 0.1) is 5.82 Å². The molecule has 0 atom stereocenters. The predicted octanol–water partition coefficient (Wildman–Crippen LogP) is 1.64. The molecule has 11 heteroatoms. The molecule has 3 heterocycles. The molecule has 2 aromatic heterocycles. The van der Waals surface area contributed by atoms with Gasteiger partial charge < -0.3 is 9.42 Å². The van der Waals surface area contributed by atoms with Gasteiger partial charge in [-0.3, -0.25) is 14.2 Å². The van der Waals surface area contributed by atoms with Gasteiger partial charge in [-0.15, -0.1) is 0 Å². The molecule has 1 aliphatic heterocycles. The molecule has 0 radical (unpaired) electrons. The second-order valence-electron chi connectivity index (χ2n) is 8.23. The van der Waals surface area contributed by atoms with Crippen LogP contribution in [0.25, 0.3) is 17.2 Å². The maximum absolute atomic E-state index is 13.3. The Morgan fingerprint density at radius 3 is 2.60 bits per heavy atom. The van der Waals surface area contributed by atoms with Gasteiger partial charge in [0, 0.05) is 33.0 Å². The summed E-state index contributed by atoms with van der Waals surface area (Å²) in [6.07, 6.45) is 1.18. The van der Waals surface area contributed by atoms with Crippen LogP contribution in [-0.2, 0) is 31.2 Å². The number of carbonyl (C=O) groups is 1. The number of amides is 1. The number of benzene rings is 2. The summed E-state index contributed by atoms with van der Waals surface area (Å²) in [6, 6.07) is 13.2. The molecule has 5 rings (SSSR count). The van der Waals surface area contributed by atoms with Gasteiger partial charge in [-0.2, -0.15) is 14.8 Å². The third kappa shape index (κ3) is 4.39. The molecule has 0 bridgehead atoms. The fourth-order valence-electron chi connectivity index (χ4n) is 4.00. The summed E-state index contributed by atoms with van der Waals surface area (Å²) < 4.78 is 20.4. The predicted molar refractivity (Wildman–Crippen MR) is 122 cm³/mol. The number of hydrogen-bond donors (Lipinski definition) is 0. The maximum Gasteiger partial charge on any atom is 0.351 e. The molecule has 10 nitrogen and oxygen atoms in total. The molecule has 178 valence electrons. The van der Waals surface area contributed by atoms with Crippen LogP contribution >= 0.6 is 0 Å². The van der Waals surface area contributed by atoms with Gasteiger partial charge in [-0.1, -0.05) is 29.4 Å². The first kappa shape index (κ1) is 22.4. The third-order valence-corrected chi connectivity index (χ3v) is 5.96. The summed E-state index contributed by atoms with van der Waals surface area (Å²) in [6.45, 7) is 1.21. The molecule has 0 unspecified atom stereocenters. The lowest BCUT2D eigenvalue weighted by Crippen LogP contribution is -2.40. The van der Waals surface area contributed by atoms with Crippen LogP contribution < -0.4 is 11.2 Å². The quantitative estimate of drug-likeness (QED) is 0.430. The highest BCUT2D eigenvalue weighted by Gasteiger charge is 2.22. The second kappa shape index (κ2) is 9.09. The van der Waals surface area contributed by atoms with Crippen LogP contribution in [0.3, 0.4) is 0 Å². The molecule has 2 aromatic carbocycles. The number of fused-ring (bicyclic) bond motifs is 1. The number of aryl methyl sites for hydroxylation is 1. The Kier molecular flexibility index (Phi) is 5.81. The Hall–Kier alpha value is -4.41. The summed E-state index contributed by atoms with van der Waals surface area (Å²) in [7, 11) is 1.30. The van der Waals surface area contributed by atoms with Crippen LogP contribution in [0.15, 0.2) is 62.6 Å². The molecule has 35 heavy (non-hydrogen) atoms. The lowest BCUT2D eigenvalue weighted by Gasteiger charge is -2.28. The number of rotatable bonds is 5. The average Bonchev–Trinajstić information content (AvgIpc) is 3.35. The van der Waals surface area contributed by atoms with Gasteiger partial charge in [0.2, 0.25) is 17.6 Å². The Morgan fingerprint density at radius 2 is 1.83 bits per heavy atom. The van der Waals surface area contributed by atoms with Gasteiger partial charge in [0.05, 0.1) is 5.69 Å². The molecular formula is C24H21FN6O4. The monoisotopic (exact) mass is 476 g/mol. The van der Waals surface area contributed by atoms with Gasteiger partial charge in [-0.05, 0) is 41.8 Å². The zero-order valence-electron chi connectivity index (χ0n) is 18.8. The van der Waals surface area contributed by atoms with Crippen molar-refractivity contribution in [3.63, 3.8) is 0 Å². The third-order valence-electron chi connectivity index (χ3n) is 5.96. The minimum absolute atomic E-state index is 0.0295. The Labute approximate surface area is 198 Å². The lowest BCUT2D eigenvalue weighted by atomic mass is 9.99. The Morgan fingerprint density at radius 1 is 1.09 bits per heavy atom. The summed E-state index contributed by atoms with van der Waals surface area (Å²) in [5.41, 5.74) is 1.06. The van der Waals surface area contributed by atoms with Crippen molar-refractivity contribution in [2.45, 2.75) is 25.8 Å². The average molecular weight is 476 g/mol. The molecular weight excluding hydrogens is 455 g/mol. The van der Waals surface area contributed by atoms with E-state index in [2.05, 4.69) is 21.3 Å². The SMILES string of the molecule is Cn1c(=O)c(-c2noc(CCC(=O)N3CCc4ccccc4C3)n2)nn(-c2ccc(F)cc2)c1=O. The first-order valence-electron chi connectivity index (χ1n) is 11.0. The molecule has 0 spiro atoms. The molecule has 1 amide bonds. The molecule has 1 aliphatic rings. The Bertz CT molecular complexity index is 1520. The van der Waals surface area contributed by atoms with Gasteiger partial charge in [0.15, 0.2) is 5.69 Å². The van der Waals surface area contributed by atoms with Crippen molar-refractivity contribution in [3.05, 3.63) is 92.2 Å². The van der Waals surface area contributed by atoms with E-state index in [-0.39, 0.29) is 41.8 Å². The van der Waals surface area contributed by atoms with E-state index >= 15 is 0 Å². The van der Waals surface area contributed by atoms with Gasteiger partial charge in [-0.25, -0.2) is 9.18 Å². The topological polar surface area (TPSA) is 116 Å². The van der Waals surface area contributed by atoms with E-state index < -0.39 is 17.1 Å². The zero-order valence-corrected chi connectivity index (χ0v) is 18.8. The number of nitrogens with zero attached hydrogens (tertiary/aromatic N) is 6. The summed E-state index contributed by atoms with van der Waals surface area (Å²) in [5, 5.41) is 7.92. The highest BCUT2D eigenvalue weighted by molar-refractivity contribution is 5.76. The van der Waals surface area contributed by atoms with Crippen molar-refractivity contribution < 1.29 is 13.7 Å². The first-order valence-corrected chi connectivity index (χ1v) is 11.0. The highest BCUT2D eigenvalue weighted by Crippen LogP contribution is 2.19. The fraction of sp³-hybridized carbons (Fsp3) is 0.250. The van der Waals surface area contributed by atoms with E-state index in [0.717, 1.165) is 21.2 Å². The Balaban J connectivity index is 1.33. The fourth-order valence-corrected chi connectivity index (χ4v) is 4.00. The largest absolute Gasteiger partial charge is 0.351 e. The van der Waals surface area contributed by atoms with E-state index in [1.165, 1.54) is 36.9 Å². The molecule has 4 aromatic rings. The molecule has 0 saturated heterocycles. The zero-order chi connectivity index (χ0) is 24.5. The van der Waals surface area contributed by atoms with Crippen LogP contribution in [0.1, 0.15) is 23.4 Å². The van der Waals surface area contributed by atoms with Crippen LogP contribution in [-0.4, -0.2) is 41.8 Å². The minimum Gasteiger partial charge on any atom is -0.339 e. The summed E-state index contributed by atoms with van der Waals surface area (Å²) >= 11 is 0. The number of carbonyl (C=O) groups excluding carboxylic acids is 1. The first-order chi connectivity index (χ1) is 16.9. The number of aromatic nitrogens is 5. The van der Waals surface area contributed by atoms with E-state index in [4.69, 9.17) is 4.52 Å². The molecule has 0 aliphatic carbocycles.